The number of rotatable bonds is 7. The molecule has 1 aliphatic carbocycles. The van der Waals surface area contributed by atoms with Gasteiger partial charge in [0, 0.05) is 24.4 Å². The lowest BCUT2D eigenvalue weighted by molar-refractivity contribution is -0.122. The molecule has 3 aromatic rings. The van der Waals surface area contributed by atoms with Gasteiger partial charge in [-0.1, -0.05) is 54.6 Å². The van der Waals surface area contributed by atoms with Crippen LogP contribution in [0.2, 0.25) is 0 Å². The number of nitrogens with zero attached hydrogens (tertiary/aromatic N) is 1. The van der Waals surface area contributed by atoms with E-state index in [0.717, 1.165) is 36.2 Å². The topological polar surface area (TPSA) is 60.3 Å². The van der Waals surface area contributed by atoms with Crippen LogP contribution in [-0.2, 0) is 22.5 Å². The van der Waals surface area contributed by atoms with Gasteiger partial charge in [0.15, 0.2) is 0 Å². The molecule has 0 radical (unpaired) electrons. The van der Waals surface area contributed by atoms with E-state index in [4.69, 9.17) is 4.74 Å². The van der Waals surface area contributed by atoms with Crippen molar-refractivity contribution in [3.8, 4) is 11.3 Å². The second-order valence-corrected chi connectivity index (χ2v) is 8.23. The fourth-order valence-electron chi connectivity index (χ4n) is 4.58. The van der Waals surface area contributed by atoms with E-state index >= 15 is 0 Å². The molecule has 1 amide bonds. The minimum Gasteiger partial charge on any atom is -0.462 e. The number of benzene rings is 2. The molecule has 1 N–H and O–H groups in total. The smallest absolute Gasteiger partial charge is 0.339 e. The molecule has 0 spiro atoms. The van der Waals surface area contributed by atoms with Gasteiger partial charge in [-0.2, -0.15) is 0 Å². The number of esters is 1. The minimum absolute atomic E-state index is 0.0245. The summed E-state index contributed by atoms with van der Waals surface area (Å²) < 4.78 is 7.29. The molecule has 32 heavy (non-hydrogen) atoms. The van der Waals surface area contributed by atoms with E-state index in [1.165, 1.54) is 11.1 Å². The van der Waals surface area contributed by atoms with E-state index < -0.39 is 0 Å². The Balaban J connectivity index is 1.52. The number of ether oxygens (including phenoxy) is 1. The molecule has 0 fully saturated rings. The summed E-state index contributed by atoms with van der Waals surface area (Å²) in [5.41, 5.74) is 5.86. The molecule has 5 heteroatoms. The maximum atomic E-state index is 12.9. The number of carbonyl (C=O) groups excluding carboxylic acids is 2. The van der Waals surface area contributed by atoms with Crippen molar-refractivity contribution in [1.82, 2.24) is 9.88 Å². The molecule has 166 valence electrons. The van der Waals surface area contributed by atoms with Crippen LogP contribution in [0.5, 0.6) is 0 Å². The van der Waals surface area contributed by atoms with Crippen molar-refractivity contribution in [3.05, 3.63) is 83.0 Å². The molecule has 4 rings (SSSR count). The third-order valence-corrected chi connectivity index (χ3v) is 6.20. The highest BCUT2D eigenvalue weighted by Crippen LogP contribution is 2.30. The highest BCUT2D eigenvalue weighted by Gasteiger charge is 2.23. The minimum atomic E-state index is -0.329. The maximum absolute atomic E-state index is 12.9. The van der Waals surface area contributed by atoms with Crippen LogP contribution in [0.1, 0.15) is 59.4 Å². The monoisotopic (exact) mass is 430 g/mol. The van der Waals surface area contributed by atoms with E-state index in [9.17, 15) is 9.59 Å². The molecule has 2 aromatic carbocycles. The first-order chi connectivity index (χ1) is 15.6. The van der Waals surface area contributed by atoms with Crippen molar-refractivity contribution >= 4 is 11.9 Å². The standard InChI is InChI=1S/C27H30N2O3/c1-3-32-27(31)23-18-25(21-11-5-4-6-12-21)29(19(23)2)17-16-26(30)28-24-15-9-13-20-10-7-8-14-22(20)24/h4-8,10-12,14,18,24H,3,9,13,15-17H2,1-2H3,(H,28,30). The SMILES string of the molecule is CCOC(=O)c1cc(-c2ccccc2)n(CCC(=O)NC2CCCc3ccccc32)c1C. The quantitative estimate of drug-likeness (QED) is 0.523. The van der Waals surface area contributed by atoms with Gasteiger partial charge in [0.1, 0.15) is 0 Å². The van der Waals surface area contributed by atoms with Gasteiger partial charge in [-0.15, -0.1) is 0 Å². The third-order valence-electron chi connectivity index (χ3n) is 6.20. The number of carbonyl (C=O) groups is 2. The number of aryl methyl sites for hydroxylation is 1. The molecule has 1 aliphatic rings. The van der Waals surface area contributed by atoms with Gasteiger partial charge >= 0.3 is 5.97 Å². The normalized spacial score (nSPS) is 15.1. The van der Waals surface area contributed by atoms with Crippen molar-refractivity contribution < 1.29 is 14.3 Å². The summed E-state index contributed by atoms with van der Waals surface area (Å²) in [6.07, 6.45) is 3.46. The second-order valence-electron chi connectivity index (χ2n) is 8.23. The fraction of sp³-hybridized carbons (Fsp3) is 0.333. The zero-order chi connectivity index (χ0) is 22.5. The van der Waals surface area contributed by atoms with Gasteiger partial charge in [-0.05, 0) is 55.9 Å². The molecule has 1 heterocycles. The molecule has 1 aromatic heterocycles. The summed E-state index contributed by atoms with van der Waals surface area (Å²) in [7, 11) is 0. The second kappa shape index (κ2) is 9.86. The number of nitrogens with one attached hydrogen (secondary N) is 1. The Labute approximate surface area is 189 Å². The Morgan fingerprint density at radius 3 is 2.62 bits per heavy atom. The summed E-state index contributed by atoms with van der Waals surface area (Å²) in [6, 6.07) is 20.2. The Kier molecular flexibility index (Phi) is 6.74. The lowest BCUT2D eigenvalue weighted by Crippen LogP contribution is -2.31. The van der Waals surface area contributed by atoms with Crippen LogP contribution < -0.4 is 5.32 Å². The summed E-state index contributed by atoms with van der Waals surface area (Å²) in [5, 5.41) is 3.23. The Bertz CT molecular complexity index is 1100. The van der Waals surface area contributed by atoms with Crippen LogP contribution in [0.4, 0.5) is 0 Å². The van der Waals surface area contributed by atoms with Crippen molar-refractivity contribution in [1.29, 1.82) is 0 Å². The molecule has 5 nitrogen and oxygen atoms in total. The van der Waals surface area contributed by atoms with Crippen LogP contribution in [0, 0.1) is 6.92 Å². The summed E-state index contributed by atoms with van der Waals surface area (Å²) in [6.45, 7) is 4.54. The fourth-order valence-corrected chi connectivity index (χ4v) is 4.58. The summed E-state index contributed by atoms with van der Waals surface area (Å²) >= 11 is 0. The molecule has 0 saturated carbocycles. The average molecular weight is 431 g/mol. The first kappa shape index (κ1) is 21.9. The molecule has 1 atom stereocenters. The molecular formula is C27H30N2O3. The summed E-state index contributed by atoms with van der Waals surface area (Å²) in [5.74, 6) is -0.305. The van der Waals surface area contributed by atoms with Gasteiger partial charge in [0.05, 0.1) is 18.2 Å². The zero-order valence-electron chi connectivity index (χ0n) is 18.8. The van der Waals surface area contributed by atoms with E-state index in [1.54, 1.807) is 6.92 Å². The van der Waals surface area contributed by atoms with E-state index in [2.05, 4.69) is 28.1 Å². The van der Waals surface area contributed by atoms with Gasteiger partial charge in [-0.25, -0.2) is 4.79 Å². The van der Waals surface area contributed by atoms with Gasteiger partial charge in [-0.3, -0.25) is 4.79 Å². The number of hydrogen-bond acceptors (Lipinski definition) is 3. The number of fused-ring (bicyclic) bond motifs is 1. The first-order valence-corrected chi connectivity index (χ1v) is 11.4. The van der Waals surface area contributed by atoms with Crippen molar-refractivity contribution in [3.63, 3.8) is 0 Å². The lowest BCUT2D eigenvalue weighted by atomic mass is 9.87. The van der Waals surface area contributed by atoms with Gasteiger partial charge < -0.3 is 14.6 Å². The van der Waals surface area contributed by atoms with Crippen molar-refractivity contribution in [2.75, 3.05) is 6.61 Å². The predicted octanol–water partition coefficient (Wildman–Crippen LogP) is 5.22. The van der Waals surface area contributed by atoms with Crippen molar-refractivity contribution in [2.45, 2.75) is 52.1 Å². The number of amides is 1. The Hall–Kier alpha value is -3.34. The molecule has 0 saturated heterocycles. The molecular weight excluding hydrogens is 400 g/mol. The van der Waals surface area contributed by atoms with E-state index in [1.807, 2.05) is 49.4 Å². The largest absolute Gasteiger partial charge is 0.462 e. The van der Waals surface area contributed by atoms with Gasteiger partial charge in [0.2, 0.25) is 5.91 Å². The molecule has 1 unspecified atom stereocenters. The molecule has 0 aliphatic heterocycles. The van der Waals surface area contributed by atoms with Gasteiger partial charge in [0.25, 0.3) is 0 Å². The van der Waals surface area contributed by atoms with Crippen LogP contribution in [0.15, 0.2) is 60.7 Å². The van der Waals surface area contributed by atoms with E-state index in [0.29, 0.717) is 25.1 Å². The summed E-state index contributed by atoms with van der Waals surface area (Å²) in [4.78, 5) is 25.3. The number of aromatic nitrogens is 1. The highest BCUT2D eigenvalue weighted by atomic mass is 16.5. The van der Waals surface area contributed by atoms with Crippen LogP contribution >= 0.6 is 0 Å². The third kappa shape index (κ3) is 4.62. The maximum Gasteiger partial charge on any atom is 0.339 e. The zero-order valence-corrected chi connectivity index (χ0v) is 18.8. The first-order valence-electron chi connectivity index (χ1n) is 11.4. The average Bonchev–Trinajstić information content (AvgIpc) is 3.15. The number of hydrogen-bond donors (Lipinski definition) is 1. The lowest BCUT2D eigenvalue weighted by Gasteiger charge is -2.26. The highest BCUT2D eigenvalue weighted by molar-refractivity contribution is 5.92. The van der Waals surface area contributed by atoms with Crippen molar-refractivity contribution in [2.24, 2.45) is 0 Å². The Morgan fingerprint density at radius 2 is 1.84 bits per heavy atom. The van der Waals surface area contributed by atoms with Crippen LogP contribution in [0.3, 0.4) is 0 Å². The van der Waals surface area contributed by atoms with Crippen LogP contribution in [0.25, 0.3) is 11.3 Å². The molecule has 0 bridgehead atoms. The van der Waals surface area contributed by atoms with Crippen LogP contribution in [-0.4, -0.2) is 23.1 Å². The Morgan fingerprint density at radius 1 is 1.09 bits per heavy atom. The van der Waals surface area contributed by atoms with E-state index in [-0.39, 0.29) is 17.9 Å². The predicted molar refractivity (Wildman–Crippen MR) is 125 cm³/mol.